The van der Waals surface area contributed by atoms with E-state index in [-0.39, 0.29) is 0 Å². The number of aryl methyl sites for hydroxylation is 2. The lowest BCUT2D eigenvalue weighted by atomic mass is 10.2. The zero-order chi connectivity index (χ0) is 14.0. The quantitative estimate of drug-likeness (QED) is 0.865. The van der Waals surface area contributed by atoms with E-state index in [4.69, 9.17) is 5.11 Å². The summed E-state index contributed by atoms with van der Waals surface area (Å²) in [6, 6.07) is 7.78. The van der Waals surface area contributed by atoms with Crippen molar-refractivity contribution in [3.8, 4) is 0 Å². The fraction of sp³-hybridized carbons (Fsp3) is 0.214. The van der Waals surface area contributed by atoms with Crippen LogP contribution in [-0.2, 0) is 6.54 Å². The van der Waals surface area contributed by atoms with Gasteiger partial charge < -0.3 is 10.4 Å². The number of hydrogen-bond acceptors (Lipinski definition) is 3. The Morgan fingerprint density at radius 1 is 1.37 bits per heavy atom. The van der Waals surface area contributed by atoms with Gasteiger partial charge in [0.25, 0.3) is 0 Å². The maximum atomic E-state index is 10.9. The number of hydrogen-bond donors (Lipinski definition) is 2. The van der Waals surface area contributed by atoms with Gasteiger partial charge in [-0.25, -0.2) is 4.79 Å². The molecule has 0 aliphatic carbocycles. The average Bonchev–Trinajstić information content (AvgIpc) is 2.70. The largest absolute Gasteiger partial charge is 0.477 e. The van der Waals surface area contributed by atoms with Crippen LogP contribution in [0, 0.1) is 13.8 Å². The second kappa shape index (κ2) is 5.75. The van der Waals surface area contributed by atoms with E-state index in [1.165, 1.54) is 11.3 Å². The molecular formula is C14H14BrNO2S. The van der Waals surface area contributed by atoms with E-state index in [0.717, 1.165) is 26.2 Å². The van der Waals surface area contributed by atoms with Gasteiger partial charge in [0.1, 0.15) is 4.88 Å². The number of carbonyl (C=O) groups is 1. The molecule has 0 amide bonds. The van der Waals surface area contributed by atoms with Gasteiger partial charge in [-0.2, -0.15) is 0 Å². The van der Waals surface area contributed by atoms with Crippen molar-refractivity contribution in [2.45, 2.75) is 20.4 Å². The van der Waals surface area contributed by atoms with Crippen molar-refractivity contribution in [1.82, 2.24) is 0 Å². The topological polar surface area (TPSA) is 49.3 Å². The van der Waals surface area contributed by atoms with Gasteiger partial charge in [-0.05, 0) is 49.2 Å². The summed E-state index contributed by atoms with van der Waals surface area (Å²) < 4.78 is 1.05. The summed E-state index contributed by atoms with van der Waals surface area (Å²) in [5.74, 6) is -0.862. The lowest BCUT2D eigenvalue weighted by Gasteiger charge is -2.09. The highest BCUT2D eigenvalue weighted by molar-refractivity contribution is 9.10. The van der Waals surface area contributed by atoms with Crippen LogP contribution < -0.4 is 5.32 Å². The normalized spacial score (nSPS) is 10.5. The summed E-state index contributed by atoms with van der Waals surface area (Å²) in [6.45, 7) is 4.62. The number of thiophene rings is 1. The first-order valence-corrected chi connectivity index (χ1v) is 7.41. The second-order valence-corrected chi connectivity index (χ2v) is 6.48. The van der Waals surface area contributed by atoms with Crippen LogP contribution in [0.15, 0.2) is 28.7 Å². The molecule has 2 aromatic rings. The van der Waals surface area contributed by atoms with E-state index in [1.54, 1.807) is 6.07 Å². The molecule has 19 heavy (non-hydrogen) atoms. The molecule has 1 aromatic heterocycles. The van der Waals surface area contributed by atoms with E-state index in [1.807, 2.05) is 32.0 Å². The van der Waals surface area contributed by atoms with Crippen LogP contribution in [0.2, 0.25) is 0 Å². The van der Waals surface area contributed by atoms with Crippen molar-refractivity contribution >= 4 is 38.9 Å². The SMILES string of the molecule is Cc1cc(Br)ccc1NCc1cc(C(=O)O)sc1C. The summed E-state index contributed by atoms with van der Waals surface area (Å²) in [7, 11) is 0. The minimum atomic E-state index is -0.862. The first kappa shape index (κ1) is 14.1. The molecule has 0 bridgehead atoms. The third-order valence-electron chi connectivity index (χ3n) is 2.89. The molecule has 100 valence electrons. The Labute approximate surface area is 124 Å². The Bertz CT molecular complexity index is 622. The van der Waals surface area contributed by atoms with Gasteiger partial charge in [0.05, 0.1) is 0 Å². The predicted molar refractivity (Wildman–Crippen MR) is 82.2 cm³/mol. The van der Waals surface area contributed by atoms with Gasteiger partial charge in [0.2, 0.25) is 0 Å². The molecule has 0 spiro atoms. The van der Waals surface area contributed by atoms with Crippen LogP contribution >= 0.6 is 27.3 Å². The molecule has 0 fully saturated rings. The summed E-state index contributed by atoms with van der Waals surface area (Å²) >= 11 is 4.75. The number of nitrogens with one attached hydrogen (secondary N) is 1. The van der Waals surface area contributed by atoms with E-state index in [9.17, 15) is 4.79 Å². The minimum Gasteiger partial charge on any atom is -0.477 e. The Morgan fingerprint density at radius 3 is 2.68 bits per heavy atom. The molecule has 1 aromatic carbocycles. The molecule has 3 nitrogen and oxygen atoms in total. The highest BCUT2D eigenvalue weighted by Gasteiger charge is 2.11. The molecule has 1 heterocycles. The minimum absolute atomic E-state index is 0.391. The highest BCUT2D eigenvalue weighted by Crippen LogP contribution is 2.24. The van der Waals surface area contributed by atoms with Crippen molar-refractivity contribution in [3.63, 3.8) is 0 Å². The maximum Gasteiger partial charge on any atom is 0.345 e. The molecule has 0 aliphatic rings. The van der Waals surface area contributed by atoms with Gasteiger partial charge in [-0.3, -0.25) is 0 Å². The Morgan fingerprint density at radius 2 is 2.11 bits per heavy atom. The first-order valence-electron chi connectivity index (χ1n) is 5.80. The number of halogens is 1. The first-order chi connectivity index (χ1) is 8.97. The maximum absolute atomic E-state index is 10.9. The van der Waals surface area contributed by atoms with Crippen molar-refractivity contribution in [2.75, 3.05) is 5.32 Å². The molecule has 2 rings (SSSR count). The lowest BCUT2D eigenvalue weighted by Crippen LogP contribution is -2.01. The van der Waals surface area contributed by atoms with Crippen LogP contribution in [-0.4, -0.2) is 11.1 Å². The zero-order valence-electron chi connectivity index (χ0n) is 10.7. The molecule has 2 N–H and O–H groups in total. The highest BCUT2D eigenvalue weighted by atomic mass is 79.9. The summed E-state index contributed by atoms with van der Waals surface area (Å²) in [4.78, 5) is 12.3. The molecular weight excluding hydrogens is 326 g/mol. The lowest BCUT2D eigenvalue weighted by molar-refractivity contribution is 0.0702. The summed E-state index contributed by atoms with van der Waals surface area (Å²) in [6.07, 6.45) is 0. The van der Waals surface area contributed by atoms with Crippen molar-refractivity contribution in [3.05, 3.63) is 49.6 Å². The zero-order valence-corrected chi connectivity index (χ0v) is 13.1. The number of carboxylic acid groups (broad SMARTS) is 1. The van der Waals surface area contributed by atoms with Gasteiger partial charge >= 0.3 is 5.97 Å². The van der Waals surface area contributed by atoms with Crippen molar-refractivity contribution < 1.29 is 9.90 Å². The van der Waals surface area contributed by atoms with Crippen LogP contribution in [0.3, 0.4) is 0 Å². The smallest absolute Gasteiger partial charge is 0.345 e. The average molecular weight is 340 g/mol. The molecule has 5 heteroatoms. The van der Waals surface area contributed by atoms with Crippen LogP contribution in [0.1, 0.15) is 25.7 Å². The van der Waals surface area contributed by atoms with E-state index < -0.39 is 5.97 Å². The number of carboxylic acids is 1. The molecule has 0 saturated carbocycles. The van der Waals surface area contributed by atoms with Gasteiger partial charge in [0, 0.05) is 21.6 Å². The Hall–Kier alpha value is -1.33. The standard InChI is InChI=1S/C14H14BrNO2S/c1-8-5-11(15)3-4-12(8)16-7-10-6-13(14(17)18)19-9(10)2/h3-6,16H,7H2,1-2H3,(H,17,18). The van der Waals surface area contributed by atoms with E-state index >= 15 is 0 Å². The number of anilines is 1. The van der Waals surface area contributed by atoms with E-state index in [0.29, 0.717) is 11.4 Å². The van der Waals surface area contributed by atoms with E-state index in [2.05, 4.69) is 21.2 Å². The third-order valence-corrected chi connectivity index (χ3v) is 4.46. The fourth-order valence-electron chi connectivity index (χ4n) is 1.82. The molecule has 0 saturated heterocycles. The van der Waals surface area contributed by atoms with Gasteiger partial charge in [0.15, 0.2) is 0 Å². The van der Waals surface area contributed by atoms with Gasteiger partial charge in [-0.1, -0.05) is 15.9 Å². The summed E-state index contributed by atoms with van der Waals surface area (Å²) in [5, 5.41) is 12.3. The molecule has 0 radical (unpaired) electrons. The van der Waals surface area contributed by atoms with Crippen molar-refractivity contribution in [2.24, 2.45) is 0 Å². The van der Waals surface area contributed by atoms with Crippen LogP contribution in [0.5, 0.6) is 0 Å². The molecule has 0 aliphatic heterocycles. The van der Waals surface area contributed by atoms with Crippen LogP contribution in [0.25, 0.3) is 0 Å². The number of benzene rings is 1. The fourth-order valence-corrected chi connectivity index (χ4v) is 3.17. The number of rotatable bonds is 4. The van der Waals surface area contributed by atoms with Crippen molar-refractivity contribution in [1.29, 1.82) is 0 Å². The van der Waals surface area contributed by atoms with Crippen LogP contribution in [0.4, 0.5) is 5.69 Å². The number of aromatic carboxylic acids is 1. The Balaban J connectivity index is 2.12. The molecule has 0 unspecified atom stereocenters. The second-order valence-electron chi connectivity index (χ2n) is 4.31. The third kappa shape index (κ3) is 3.36. The predicted octanol–water partition coefficient (Wildman–Crippen LogP) is 4.44. The Kier molecular flexibility index (Phi) is 4.27. The molecule has 0 atom stereocenters. The van der Waals surface area contributed by atoms with Gasteiger partial charge in [-0.15, -0.1) is 11.3 Å². The summed E-state index contributed by atoms with van der Waals surface area (Å²) in [5.41, 5.74) is 3.25. The monoisotopic (exact) mass is 339 g/mol.